The largest absolute Gasteiger partial charge is 0.312 e. The Morgan fingerprint density at radius 2 is 2.00 bits per heavy atom. The lowest BCUT2D eigenvalue weighted by atomic mass is 10.1. The lowest BCUT2D eigenvalue weighted by Crippen LogP contribution is -2.21. The molecule has 0 spiro atoms. The summed E-state index contributed by atoms with van der Waals surface area (Å²) < 4.78 is 0. The van der Waals surface area contributed by atoms with Crippen LogP contribution in [-0.4, -0.2) is 6.54 Å². The fourth-order valence-corrected chi connectivity index (χ4v) is 3.91. The predicted molar refractivity (Wildman–Crippen MR) is 83.2 cm³/mol. The van der Waals surface area contributed by atoms with Gasteiger partial charge in [-0.2, -0.15) is 0 Å². The first-order chi connectivity index (χ1) is 9.31. The number of nitrogens with one attached hydrogen (secondary N) is 1. The Bertz CT molecular complexity index is 521. The summed E-state index contributed by atoms with van der Waals surface area (Å²) in [6.07, 6.45) is 4.75. The molecule has 2 heterocycles. The van der Waals surface area contributed by atoms with Crippen LogP contribution in [-0.2, 0) is 25.8 Å². The van der Waals surface area contributed by atoms with E-state index < -0.39 is 0 Å². The van der Waals surface area contributed by atoms with Gasteiger partial charge in [-0.05, 0) is 61.6 Å². The molecule has 0 saturated carbocycles. The van der Waals surface area contributed by atoms with Gasteiger partial charge in [0.05, 0.1) is 0 Å². The molecule has 1 aromatic carbocycles. The van der Waals surface area contributed by atoms with Crippen molar-refractivity contribution in [1.29, 1.82) is 0 Å². The van der Waals surface area contributed by atoms with Crippen molar-refractivity contribution in [2.75, 3.05) is 6.54 Å². The molecule has 1 aliphatic rings. The van der Waals surface area contributed by atoms with E-state index in [0.29, 0.717) is 0 Å². The molecule has 0 saturated heterocycles. The fraction of sp³-hybridized carbons (Fsp3) is 0.375. The summed E-state index contributed by atoms with van der Waals surface area (Å²) >= 11 is 7.88. The van der Waals surface area contributed by atoms with Crippen LogP contribution in [0, 0.1) is 0 Å². The SMILES string of the molecule is Clc1ccc(CCCc2cc3c(s2)CNCC3)cc1. The Kier molecular flexibility index (Phi) is 4.21. The zero-order valence-corrected chi connectivity index (χ0v) is 12.5. The van der Waals surface area contributed by atoms with E-state index >= 15 is 0 Å². The molecule has 0 amide bonds. The van der Waals surface area contributed by atoms with Crippen LogP contribution >= 0.6 is 22.9 Å². The second-order valence-corrected chi connectivity index (χ2v) is 6.73. The third-order valence-electron chi connectivity index (χ3n) is 3.61. The van der Waals surface area contributed by atoms with E-state index in [4.69, 9.17) is 11.6 Å². The average Bonchev–Trinajstić information content (AvgIpc) is 2.83. The summed E-state index contributed by atoms with van der Waals surface area (Å²) in [6.45, 7) is 2.20. The fourth-order valence-electron chi connectivity index (χ4n) is 2.56. The minimum atomic E-state index is 0.821. The van der Waals surface area contributed by atoms with Gasteiger partial charge in [-0.25, -0.2) is 0 Å². The van der Waals surface area contributed by atoms with Gasteiger partial charge in [0.2, 0.25) is 0 Å². The lowest BCUT2D eigenvalue weighted by molar-refractivity contribution is 0.654. The van der Waals surface area contributed by atoms with Crippen LogP contribution in [0.25, 0.3) is 0 Å². The van der Waals surface area contributed by atoms with Crippen molar-refractivity contribution in [3.8, 4) is 0 Å². The maximum absolute atomic E-state index is 5.90. The summed E-state index contributed by atoms with van der Waals surface area (Å²) in [7, 11) is 0. The maximum Gasteiger partial charge on any atom is 0.0406 e. The van der Waals surface area contributed by atoms with Gasteiger partial charge < -0.3 is 5.32 Å². The minimum absolute atomic E-state index is 0.821. The van der Waals surface area contributed by atoms with Crippen LogP contribution in [0.15, 0.2) is 30.3 Å². The molecule has 100 valence electrons. The molecule has 1 aromatic heterocycles. The van der Waals surface area contributed by atoms with Gasteiger partial charge in [0, 0.05) is 21.3 Å². The van der Waals surface area contributed by atoms with E-state index in [9.17, 15) is 0 Å². The number of thiophene rings is 1. The number of hydrogen-bond acceptors (Lipinski definition) is 2. The predicted octanol–water partition coefficient (Wildman–Crippen LogP) is 4.22. The van der Waals surface area contributed by atoms with E-state index in [1.807, 2.05) is 23.5 Å². The number of hydrogen-bond donors (Lipinski definition) is 1. The first kappa shape index (κ1) is 13.2. The van der Waals surface area contributed by atoms with Crippen molar-refractivity contribution in [2.24, 2.45) is 0 Å². The molecule has 3 heteroatoms. The van der Waals surface area contributed by atoms with Gasteiger partial charge in [0.15, 0.2) is 0 Å². The average molecular weight is 292 g/mol. The minimum Gasteiger partial charge on any atom is -0.312 e. The molecule has 0 atom stereocenters. The third-order valence-corrected chi connectivity index (χ3v) is 5.10. The van der Waals surface area contributed by atoms with Crippen molar-refractivity contribution < 1.29 is 0 Å². The number of fused-ring (bicyclic) bond motifs is 1. The van der Waals surface area contributed by atoms with Crippen molar-refractivity contribution in [2.45, 2.75) is 32.2 Å². The van der Waals surface area contributed by atoms with Crippen molar-refractivity contribution in [1.82, 2.24) is 5.32 Å². The Hall–Kier alpha value is -0.830. The molecule has 19 heavy (non-hydrogen) atoms. The lowest BCUT2D eigenvalue weighted by Gasteiger charge is -2.10. The maximum atomic E-state index is 5.90. The highest BCUT2D eigenvalue weighted by Gasteiger charge is 2.12. The van der Waals surface area contributed by atoms with Gasteiger partial charge >= 0.3 is 0 Å². The Morgan fingerprint density at radius 1 is 1.16 bits per heavy atom. The van der Waals surface area contributed by atoms with Gasteiger partial charge in [0.1, 0.15) is 0 Å². The molecule has 0 fully saturated rings. The van der Waals surface area contributed by atoms with Crippen LogP contribution in [0.3, 0.4) is 0 Å². The number of halogens is 1. The standard InChI is InChI=1S/C16H18ClNS/c17-14-6-4-12(5-7-14)2-1-3-15-10-13-8-9-18-11-16(13)19-15/h4-7,10,18H,1-3,8-9,11H2. The van der Waals surface area contributed by atoms with Crippen LogP contribution in [0.2, 0.25) is 5.02 Å². The zero-order valence-electron chi connectivity index (χ0n) is 10.9. The van der Waals surface area contributed by atoms with Gasteiger partial charge in [-0.1, -0.05) is 23.7 Å². The normalized spacial score (nSPS) is 14.4. The third kappa shape index (κ3) is 3.38. The second-order valence-electron chi connectivity index (χ2n) is 5.07. The molecule has 0 radical (unpaired) electrons. The van der Waals surface area contributed by atoms with E-state index in [1.54, 1.807) is 15.3 Å². The highest BCUT2D eigenvalue weighted by Crippen LogP contribution is 2.26. The van der Waals surface area contributed by atoms with E-state index in [2.05, 4.69) is 23.5 Å². The van der Waals surface area contributed by atoms with Crippen LogP contribution < -0.4 is 5.32 Å². The summed E-state index contributed by atoms with van der Waals surface area (Å²) in [5.74, 6) is 0. The van der Waals surface area contributed by atoms with E-state index in [0.717, 1.165) is 24.5 Å². The van der Waals surface area contributed by atoms with Crippen LogP contribution in [0.1, 0.15) is 27.3 Å². The molecule has 1 nitrogen and oxygen atoms in total. The van der Waals surface area contributed by atoms with Crippen LogP contribution in [0.5, 0.6) is 0 Å². The van der Waals surface area contributed by atoms with E-state index in [1.165, 1.54) is 24.8 Å². The van der Waals surface area contributed by atoms with Crippen molar-refractivity contribution >= 4 is 22.9 Å². The molecule has 0 unspecified atom stereocenters. The Morgan fingerprint density at radius 3 is 2.79 bits per heavy atom. The quantitative estimate of drug-likeness (QED) is 0.889. The highest BCUT2D eigenvalue weighted by atomic mass is 35.5. The summed E-state index contributed by atoms with van der Waals surface area (Å²) in [5, 5.41) is 4.26. The topological polar surface area (TPSA) is 12.0 Å². The number of aryl methyl sites for hydroxylation is 2. The van der Waals surface area contributed by atoms with Crippen molar-refractivity contribution in [3.63, 3.8) is 0 Å². The molecular weight excluding hydrogens is 274 g/mol. The monoisotopic (exact) mass is 291 g/mol. The van der Waals surface area contributed by atoms with Crippen molar-refractivity contribution in [3.05, 3.63) is 56.2 Å². The molecule has 2 aromatic rings. The summed E-state index contributed by atoms with van der Waals surface area (Å²) in [5.41, 5.74) is 2.96. The summed E-state index contributed by atoms with van der Waals surface area (Å²) in [6, 6.07) is 10.6. The van der Waals surface area contributed by atoms with Crippen LogP contribution in [0.4, 0.5) is 0 Å². The molecular formula is C16H18ClNS. The molecule has 1 N–H and O–H groups in total. The van der Waals surface area contributed by atoms with Gasteiger partial charge in [-0.3, -0.25) is 0 Å². The Labute approximate surface area is 123 Å². The van der Waals surface area contributed by atoms with Gasteiger partial charge in [0.25, 0.3) is 0 Å². The van der Waals surface area contributed by atoms with Gasteiger partial charge in [-0.15, -0.1) is 11.3 Å². The highest BCUT2D eigenvalue weighted by molar-refractivity contribution is 7.12. The zero-order chi connectivity index (χ0) is 13.1. The Balaban J connectivity index is 1.54. The smallest absolute Gasteiger partial charge is 0.0406 e. The first-order valence-electron chi connectivity index (χ1n) is 6.87. The number of benzene rings is 1. The molecule has 1 aliphatic heterocycles. The molecule has 0 aliphatic carbocycles. The number of rotatable bonds is 4. The summed E-state index contributed by atoms with van der Waals surface area (Å²) in [4.78, 5) is 3.09. The second kappa shape index (κ2) is 6.08. The van der Waals surface area contributed by atoms with E-state index in [-0.39, 0.29) is 0 Å². The first-order valence-corrected chi connectivity index (χ1v) is 8.06. The molecule has 0 bridgehead atoms. The molecule has 3 rings (SSSR count).